The molecule has 2 atom stereocenters. The van der Waals surface area contributed by atoms with Gasteiger partial charge in [0.05, 0.1) is 0 Å². The van der Waals surface area contributed by atoms with Crippen LogP contribution in [0, 0.1) is 0 Å². The van der Waals surface area contributed by atoms with Gasteiger partial charge in [0.15, 0.2) is 5.90 Å². The number of aliphatic imine (C=N–C) groups is 1. The third kappa shape index (κ3) is 1.87. The first-order valence-electron chi connectivity index (χ1n) is 5.50. The first-order chi connectivity index (χ1) is 7.83. The summed E-state index contributed by atoms with van der Waals surface area (Å²) in [5, 5.41) is 3.28. The van der Waals surface area contributed by atoms with E-state index < -0.39 is 0 Å². The second-order valence-corrected chi connectivity index (χ2v) is 5.03. The number of ether oxygens (including phenoxy) is 1. The van der Waals surface area contributed by atoms with Gasteiger partial charge in [-0.15, -0.1) is 0 Å². The number of nitrogens with zero attached hydrogens (tertiary/aromatic N) is 1. The van der Waals surface area contributed by atoms with E-state index in [1.807, 2.05) is 18.2 Å². The number of hydrogen-bond donors (Lipinski definition) is 1. The number of halogens is 1. The summed E-state index contributed by atoms with van der Waals surface area (Å²) in [6.07, 6.45) is 1.05. The highest BCUT2D eigenvalue weighted by molar-refractivity contribution is 9.10. The van der Waals surface area contributed by atoms with Gasteiger partial charge in [0.25, 0.3) is 0 Å². The van der Waals surface area contributed by atoms with E-state index in [9.17, 15) is 0 Å². The van der Waals surface area contributed by atoms with Gasteiger partial charge in [-0.25, -0.2) is 4.99 Å². The molecule has 2 heterocycles. The van der Waals surface area contributed by atoms with Crippen LogP contribution in [0.5, 0.6) is 0 Å². The summed E-state index contributed by atoms with van der Waals surface area (Å²) in [5.41, 5.74) is 1.23. The number of nitrogens with one attached hydrogen (secondary N) is 1. The van der Waals surface area contributed by atoms with Crippen molar-refractivity contribution >= 4 is 21.8 Å². The predicted molar refractivity (Wildman–Crippen MR) is 66.8 cm³/mol. The summed E-state index contributed by atoms with van der Waals surface area (Å²) in [5.74, 6) is 0.878. The zero-order valence-corrected chi connectivity index (χ0v) is 10.4. The molecule has 4 heteroatoms. The topological polar surface area (TPSA) is 33.6 Å². The Morgan fingerprint density at radius 3 is 3.06 bits per heavy atom. The SMILES string of the molecule is Brc1ccccc1CC1=NC2CNCC2O1. The molecular formula is C12H13BrN2O. The zero-order valence-electron chi connectivity index (χ0n) is 8.82. The minimum absolute atomic E-state index is 0.262. The molecule has 1 fully saturated rings. The van der Waals surface area contributed by atoms with E-state index in [1.165, 1.54) is 5.56 Å². The van der Waals surface area contributed by atoms with Crippen LogP contribution >= 0.6 is 15.9 Å². The van der Waals surface area contributed by atoms with Gasteiger partial charge in [-0.1, -0.05) is 34.1 Å². The van der Waals surface area contributed by atoms with Crippen molar-refractivity contribution in [2.75, 3.05) is 13.1 Å². The van der Waals surface area contributed by atoms with Crippen LogP contribution in [-0.4, -0.2) is 31.1 Å². The standard InChI is InChI=1S/C12H13BrN2O/c13-9-4-2-1-3-8(9)5-12-15-10-6-14-7-11(10)16-12/h1-4,10-11,14H,5-7H2. The Morgan fingerprint density at radius 2 is 2.25 bits per heavy atom. The molecule has 0 amide bonds. The van der Waals surface area contributed by atoms with Gasteiger partial charge < -0.3 is 10.1 Å². The van der Waals surface area contributed by atoms with Crippen LogP contribution in [0.4, 0.5) is 0 Å². The number of benzene rings is 1. The van der Waals surface area contributed by atoms with Crippen molar-refractivity contribution in [3.63, 3.8) is 0 Å². The van der Waals surface area contributed by atoms with E-state index in [0.29, 0.717) is 6.04 Å². The lowest BCUT2D eigenvalue weighted by Gasteiger charge is -2.08. The van der Waals surface area contributed by atoms with Crippen LogP contribution in [0.3, 0.4) is 0 Å². The van der Waals surface area contributed by atoms with Gasteiger partial charge in [0.2, 0.25) is 0 Å². The first-order valence-corrected chi connectivity index (χ1v) is 6.30. The molecule has 3 nitrogen and oxygen atoms in total. The molecule has 0 aromatic heterocycles. The molecule has 0 radical (unpaired) electrons. The zero-order chi connectivity index (χ0) is 11.0. The minimum Gasteiger partial charge on any atom is -0.474 e. The smallest absolute Gasteiger partial charge is 0.188 e. The number of rotatable bonds is 2. The predicted octanol–water partition coefficient (Wildman–Crippen LogP) is 1.76. The molecule has 3 rings (SSSR count). The van der Waals surface area contributed by atoms with Crippen molar-refractivity contribution in [2.45, 2.75) is 18.6 Å². The van der Waals surface area contributed by atoms with Crippen molar-refractivity contribution in [1.82, 2.24) is 5.32 Å². The summed E-state index contributed by atoms with van der Waals surface area (Å²) in [6, 6.07) is 8.54. The molecule has 1 aromatic rings. The van der Waals surface area contributed by atoms with Crippen LogP contribution in [0.25, 0.3) is 0 Å². The summed E-state index contributed by atoms with van der Waals surface area (Å²) >= 11 is 3.54. The van der Waals surface area contributed by atoms with Gasteiger partial charge in [-0.05, 0) is 11.6 Å². The molecule has 0 spiro atoms. The van der Waals surface area contributed by atoms with Gasteiger partial charge in [0, 0.05) is 24.0 Å². The van der Waals surface area contributed by atoms with Gasteiger partial charge in [-0.2, -0.15) is 0 Å². The molecule has 1 aromatic carbocycles. The second-order valence-electron chi connectivity index (χ2n) is 4.17. The monoisotopic (exact) mass is 280 g/mol. The highest BCUT2D eigenvalue weighted by atomic mass is 79.9. The molecule has 2 aliphatic heterocycles. The normalized spacial score (nSPS) is 27.4. The van der Waals surface area contributed by atoms with Crippen LogP contribution in [0.15, 0.2) is 33.7 Å². The fraction of sp³-hybridized carbons (Fsp3) is 0.417. The maximum atomic E-state index is 5.81. The van der Waals surface area contributed by atoms with E-state index in [2.05, 4.69) is 32.3 Å². The third-order valence-electron chi connectivity index (χ3n) is 3.02. The Kier molecular flexibility index (Phi) is 2.69. The summed E-state index contributed by atoms with van der Waals surface area (Å²) in [6.45, 7) is 1.87. The van der Waals surface area contributed by atoms with Crippen LogP contribution in [0.2, 0.25) is 0 Å². The van der Waals surface area contributed by atoms with E-state index in [4.69, 9.17) is 4.74 Å². The molecule has 2 aliphatic rings. The fourth-order valence-electron chi connectivity index (χ4n) is 2.17. The largest absolute Gasteiger partial charge is 0.474 e. The first kappa shape index (κ1) is 10.3. The lowest BCUT2D eigenvalue weighted by molar-refractivity contribution is 0.220. The van der Waals surface area contributed by atoms with Gasteiger partial charge in [0.1, 0.15) is 12.1 Å². The van der Waals surface area contributed by atoms with E-state index in [1.54, 1.807) is 0 Å². The molecule has 1 N–H and O–H groups in total. The maximum Gasteiger partial charge on any atom is 0.188 e. The number of hydrogen-bond acceptors (Lipinski definition) is 3. The Balaban J connectivity index is 1.75. The van der Waals surface area contributed by atoms with E-state index in [-0.39, 0.29) is 6.10 Å². The highest BCUT2D eigenvalue weighted by Gasteiger charge is 2.34. The van der Waals surface area contributed by atoms with Crippen molar-refractivity contribution in [1.29, 1.82) is 0 Å². The van der Waals surface area contributed by atoms with E-state index in [0.717, 1.165) is 29.9 Å². The van der Waals surface area contributed by atoms with Gasteiger partial charge >= 0.3 is 0 Å². The van der Waals surface area contributed by atoms with Crippen molar-refractivity contribution in [2.24, 2.45) is 4.99 Å². The van der Waals surface area contributed by atoms with Gasteiger partial charge in [-0.3, -0.25) is 0 Å². The lowest BCUT2D eigenvalue weighted by Crippen LogP contribution is -2.20. The van der Waals surface area contributed by atoms with Crippen molar-refractivity contribution < 1.29 is 4.74 Å². The molecule has 0 saturated carbocycles. The van der Waals surface area contributed by atoms with Crippen molar-refractivity contribution in [3.8, 4) is 0 Å². The minimum atomic E-state index is 0.262. The molecule has 2 unspecified atom stereocenters. The molecule has 1 saturated heterocycles. The number of fused-ring (bicyclic) bond motifs is 1. The van der Waals surface area contributed by atoms with Crippen LogP contribution in [-0.2, 0) is 11.2 Å². The fourth-order valence-corrected chi connectivity index (χ4v) is 2.60. The Hall–Kier alpha value is -0.870. The molecule has 0 aliphatic carbocycles. The average Bonchev–Trinajstić information content (AvgIpc) is 2.81. The molecule has 0 bridgehead atoms. The van der Waals surface area contributed by atoms with E-state index >= 15 is 0 Å². The highest BCUT2D eigenvalue weighted by Crippen LogP contribution is 2.22. The Morgan fingerprint density at radius 1 is 1.38 bits per heavy atom. The molecule has 16 heavy (non-hydrogen) atoms. The quantitative estimate of drug-likeness (QED) is 0.896. The Bertz CT molecular complexity index is 433. The molecule has 84 valence electrons. The summed E-state index contributed by atoms with van der Waals surface area (Å²) in [4.78, 5) is 4.60. The average molecular weight is 281 g/mol. The maximum absolute atomic E-state index is 5.81. The van der Waals surface area contributed by atoms with Crippen molar-refractivity contribution in [3.05, 3.63) is 34.3 Å². The molecular weight excluding hydrogens is 268 g/mol. The summed E-state index contributed by atoms with van der Waals surface area (Å²) < 4.78 is 6.93. The van der Waals surface area contributed by atoms with Crippen LogP contribution in [0.1, 0.15) is 5.56 Å². The lowest BCUT2D eigenvalue weighted by atomic mass is 10.1. The summed E-state index contributed by atoms with van der Waals surface area (Å²) in [7, 11) is 0. The Labute approximate surface area is 103 Å². The van der Waals surface area contributed by atoms with Crippen LogP contribution < -0.4 is 5.32 Å². The second kappa shape index (κ2) is 4.18. The third-order valence-corrected chi connectivity index (χ3v) is 3.80.